The van der Waals surface area contributed by atoms with Crippen LogP contribution in [0.5, 0.6) is 0 Å². The van der Waals surface area contributed by atoms with Crippen molar-refractivity contribution in [2.24, 2.45) is 0 Å². The van der Waals surface area contributed by atoms with Crippen LogP contribution in [0.25, 0.3) is 0 Å². The van der Waals surface area contributed by atoms with Crippen LogP contribution >= 0.6 is 0 Å². The minimum Gasteiger partial charge on any atom is -0.370 e. The Labute approximate surface area is 180 Å². The average Bonchev–Trinajstić information content (AvgIpc) is 3.17. The molecule has 2 aromatic rings. The summed E-state index contributed by atoms with van der Waals surface area (Å²) in [6, 6.07) is 12.5. The van der Waals surface area contributed by atoms with Crippen LogP contribution in [-0.2, 0) is 16.0 Å². The molecule has 0 unspecified atom stereocenters. The van der Waals surface area contributed by atoms with E-state index in [-0.39, 0.29) is 29.7 Å². The third kappa shape index (κ3) is 5.10. The van der Waals surface area contributed by atoms with E-state index >= 15 is 0 Å². The highest BCUT2D eigenvalue weighted by Crippen LogP contribution is 2.38. The van der Waals surface area contributed by atoms with Crippen LogP contribution in [0, 0.1) is 11.6 Å². The molecule has 4 rings (SSSR count). The van der Waals surface area contributed by atoms with Crippen molar-refractivity contribution in [1.29, 1.82) is 0 Å². The van der Waals surface area contributed by atoms with Crippen molar-refractivity contribution in [2.45, 2.75) is 43.8 Å². The van der Waals surface area contributed by atoms with E-state index in [1.165, 1.54) is 0 Å². The van der Waals surface area contributed by atoms with Crippen LogP contribution in [0.15, 0.2) is 48.5 Å². The first-order valence-corrected chi connectivity index (χ1v) is 10.7. The van der Waals surface area contributed by atoms with Crippen molar-refractivity contribution in [3.63, 3.8) is 0 Å². The maximum atomic E-state index is 13.8. The monoisotopic (exact) mass is 428 g/mol. The number of hydrogen-bond acceptors (Lipinski definition) is 3. The lowest BCUT2D eigenvalue weighted by Gasteiger charge is -2.39. The van der Waals surface area contributed by atoms with E-state index in [1.54, 1.807) is 0 Å². The molecule has 2 saturated heterocycles. The van der Waals surface area contributed by atoms with Gasteiger partial charge in [0.1, 0.15) is 11.6 Å². The Balaban J connectivity index is 1.25. The maximum absolute atomic E-state index is 13.8. The van der Waals surface area contributed by atoms with E-state index in [0.29, 0.717) is 19.5 Å². The molecule has 2 amide bonds. The summed E-state index contributed by atoms with van der Waals surface area (Å²) in [6.07, 6.45) is 3.39. The quantitative estimate of drug-likeness (QED) is 0.793. The van der Waals surface area contributed by atoms with Gasteiger partial charge in [0.25, 0.3) is 5.91 Å². The zero-order chi connectivity index (χ0) is 21.8. The third-order valence-corrected chi connectivity index (χ3v) is 6.23. The van der Waals surface area contributed by atoms with E-state index in [0.717, 1.165) is 49.4 Å². The fraction of sp³-hybridized carbons (Fsp3) is 0.417. The summed E-state index contributed by atoms with van der Waals surface area (Å²) < 4.78 is 33.3. The maximum Gasteiger partial charge on any atom is 0.254 e. The Hall–Kier alpha value is -2.80. The molecule has 0 radical (unpaired) electrons. The average molecular weight is 428 g/mol. The highest BCUT2D eigenvalue weighted by molar-refractivity contribution is 5.94. The lowest BCUT2D eigenvalue weighted by atomic mass is 9.88. The molecule has 1 N–H and O–H groups in total. The highest BCUT2D eigenvalue weighted by Gasteiger charge is 2.43. The molecule has 5 nitrogen and oxygen atoms in total. The second-order valence-electron chi connectivity index (χ2n) is 8.34. The lowest BCUT2D eigenvalue weighted by molar-refractivity contribution is -0.136. The largest absolute Gasteiger partial charge is 0.370 e. The van der Waals surface area contributed by atoms with Gasteiger partial charge in [0.05, 0.1) is 23.7 Å². The summed E-state index contributed by atoms with van der Waals surface area (Å²) in [5, 5.41) is 2.65. The first-order valence-electron chi connectivity index (χ1n) is 10.7. The highest BCUT2D eigenvalue weighted by atomic mass is 19.1. The number of carbonyl (C=O) groups excluding carboxylic acids is 2. The zero-order valence-electron chi connectivity index (χ0n) is 17.3. The topological polar surface area (TPSA) is 58.6 Å². The molecule has 164 valence electrons. The summed E-state index contributed by atoms with van der Waals surface area (Å²) in [4.78, 5) is 26.7. The van der Waals surface area contributed by atoms with Crippen molar-refractivity contribution in [3.05, 3.63) is 71.3 Å². The van der Waals surface area contributed by atoms with Crippen LogP contribution in [0.4, 0.5) is 8.78 Å². The zero-order valence-corrected chi connectivity index (χ0v) is 17.3. The minimum atomic E-state index is -0.754. The second kappa shape index (κ2) is 9.14. The Morgan fingerprint density at radius 3 is 2.55 bits per heavy atom. The van der Waals surface area contributed by atoms with E-state index in [2.05, 4.69) is 5.32 Å². The molecule has 0 saturated carbocycles. The van der Waals surface area contributed by atoms with Crippen molar-refractivity contribution < 1.29 is 23.1 Å². The van der Waals surface area contributed by atoms with Gasteiger partial charge in [-0.05, 0) is 49.4 Å². The molecule has 0 bridgehead atoms. The first-order chi connectivity index (χ1) is 14.9. The summed E-state index contributed by atoms with van der Waals surface area (Å²) in [5.74, 6) is -1.94. The van der Waals surface area contributed by atoms with E-state index < -0.39 is 17.5 Å². The van der Waals surface area contributed by atoms with Crippen molar-refractivity contribution in [2.75, 3.05) is 19.6 Å². The molecule has 2 fully saturated rings. The summed E-state index contributed by atoms with van der Waals surface area (Å²) in [6.45, 7) is 1.55. The van der Waals surface area contributed by atoms with Crippen LogP contribution in [-0.4, -0.2) is 48.1 Å². The second-order valence-corrected chi connectivity index (χ2v) is 8.34. The molecule has 2 aliphatic heterocycles. The molecule has 1 atom stereocenters. The summed E-state index contributed by atoms with van der Waals surface area (Å²) in [5.41, 5.74) is 0.427. The first kappa shape index (κ1) is 21.4. The van der Waals surface area contributed by atoms with Crippen LogP contribution < -0.4 is 5.32 Å². The number of nitrogens with one attached hydrogen (secondary N) is 1. The van der Waals surface area contributed by atoms with Crippen molar-refractivity contribution >= 4 is 11.8 Å². The van der Waals surface area contributed by atoms with E-state index in [4.69, 9.17) is 4.74 Å². The summed E-state index contributed by atoms with van der Waals surface area (Å²) >= 11 is 0. The number of piperidine rings is 1. The van der Waals surface area contributed by atoms with Gasteiger partial charge in [-0.1, -0.05) is 30.3 Å². The molecule has 1 spiro atoms. The van der Waals surface area contributed by atoms with Gasteiger partial charge in [-0.3, -0.25) is 9.59 Å². The van der Waals surface area contributed by atoms with Gasteiger partial charge < -0.3 is 15.0 Å². The number of hydrogen-bond donors (Lipinski definition) is 1. The molecule has 31 heavy (non-hydrogen) atoms. The molecule has 2 aliphatic rings. The number of nitrogens with zero attached hydrogens (tertiary/aromatic N) is 1. The fourth-order valence-electron chi connectivity index (χ4n) is 4.43. The standard InChI is InChI=1S/C24H26F2N2O3/c25-18-6-7-21(26)20(15-18)23(30)27-16-19-8-9-24(31-19)10-12-28(13-11-24)22(29)14-17-4-2-1-3-5-17/h1-7,15,19H,8-14,16H2,(H,27,30)/t19-/m0/s1. The SMILES string of the molecule is O=C(NC[C@@H]1CCC2(CCN(C(=O)Cc3ccccc3)CC2)O1)c1cc(F)ccc1F. The normalized spacial score (nSPS) is 20.1. The number of carbonyl (C=O) groups is 2. The molecular weight excluding hydrogens is 402 g/mol. The lowest BCUT2D eigenvalue weighted by Crippen LogP contribution is -2.47. The molecule has 2 aromatic carbocycles. The van der Waals surface area contributed by atoms with Crippen molar-refractivity contribution in [1.82, 2.24) is 10.2 Å². The number of ether oxygens (including phenoxy) is 1. The molecule has 7 heteroatoms. The van der Waals surface area contributed by atoms with Gasteiger partial charge in [0, 0.05) is 19.6 Å². The van der Waals surface area contributed by atoms with Gasteiger partial charge in [-0.15, -0.1) is 0 Å². The predicted molar refractivity (Wildman–Crippen MR) is 111 cm³/mol. The number of rotatable bonds is 5. The Morgan fingerprint density at radius 2 is 1.81 bits per heavy atom. The van der Waals surface area contributed by atoms with Gasteiger partial charge in [0.2, 0.25) is 5.91 Å². The number of amides is 2. The Bertz CT molecular complexity index is 943. The molecule has 0 aliphatic carbocycles. The molecule has 0 aromatic heterocycles. The minimum absolute atomic E-state index is 0.125. The smallest absolute Gasteiger partial charge is 0.254 e. The van der Waals surface area contributed by atoms with E-state index in [9.17, 15) is 18.4 Å². The summed E-state index contributed by atoms with van der Waals surface area (Å²) in [7, 11) is 0. The van der Waals surface area contributed by atoms with E-state index in [1.807, 2.05) is 35.2 Å². The van der Waals surface area contributed by atoms with Gasteiger partial charge in [-0.25, -0.2) is 8.78 Å². The Kier molecular flexibility index (Phi) is 6.32. The van der Waals surface area contributed by atoms with Crippen molar-refractivity contribution in [3.8, 4) is 0 Å². The fourth-order valence-corrected chi connectivity index (χ4v) is 4.43. The number of likely N-dealkylation sites (tertiary alicyclic amines) is 1. The number of halogens is 2. The Morgan fingerprint density at radius 1 is 1.06 bits per heavy atom. The van der Waals surface area contributed by atoms with Crippen LogP contribution in [0.1, 0.15) is 41.6 Å². The molecule has 2 heterocycles. The molecular formula is C24H26F2N2O3. The third-order valence-electron chi connectivity index (χ3n) is 6.23. The van der Waals surface area contributed by atoms with Gasteiger partial charge >= 0.3 is 0 Å². The van der Waals surface area contributed by atoms with Crippen LogP contribution in [0.3, 0.4) is 0 Å². The van der Waals surface area contributed by atoms with Crippen LogP contribution in [0.2, 0.25) is 0 Å². The predicted octanol–water partition coefficient (Wildman–Crippen LogP) is 3.48. The van der Waals surface area contributed by atoms with Gasteiger partial charge in [0.15, 0.2) is 0 Å². The number of benzene rings is 2. The van der Waals surface area contributed by atoms with Gasteiger partial charge in [-0.2, -0.15) is 0 Å².